The molecule has 3 heterocycles. The third kappa shape index (κ3) is 4.25. The quantitative estimate of drug-likeness (QED) is 0.481. The maximum atomic E-state index is 13.9. The predicted octanol–water partition coefficient (Wildman–Crippen LogP) is 3.97. The molecule has 0 saturated heterocycles. The molecular weight excluding hydrogens is 431 g/mol. The zero-order valence-corrected chi connectivity index (χ0v) is 17.8. The Hall–Kier alpha value is -3.56. The molecule has 5 rings (SSSR count). The molecule has 0 fully saturated rings. The van der Waals surface area contributed by atoms with E-state index in [1.165, 1.54) is 23.5 Å². The van der Waals surface area contributed by atoms with Gasteiger partial charge in [0.2, 0.25) is 0 Å². The van der Waals surface area contributed by atoms with Gasteiger partial charge in [-0.3, -0.25) is 4.79 Å². The standard InChI is InChI=1S/C23H19FN4O3S/c24-18-8-15(21-16(9-18)12-30-14-31-21)6-7-25-22(29)20-13-32-23(27-20)17-10-26-28(11-17)19-4-2-1-3-5-19/h1-5,8-11,13H,6-7,12,14H2,(H,25,29). The van der Waals surface area contributed by atoms with Gasteiger partial charge in [-0.15, -0.1) is 11.3 Å². The van der Waals surface area contributed by atoms with Crippen molar-refractivity contribution in [3.05, 3.63) is 82.9 Å². The highest BCUT2D eigenvalue weighted by Crippen LogP contribution is 2.29. The highest BCUT2D eigenvalue weighted by Gasteiger charge is 2.18. The van der Waals surface area contributed by atoms with Gasteiger partial charge in [-0.05, 0) is 36.2 Å². The summed E-state index contributed by atoms with van der Waals surface area (Å²) in [6.45, 7) is 0.785. The van der Waals surface area contributed by atoms with Crippen LogP contribution in [0.1, 0.15) is 21.6 Å². The second-order valence-electron chi connectivity index (χ2n) is 7.22. The van der Waals surface area contributed by atoms with Crippen LogP contribution >= 0.6 is 11.3 Å². The molecule has 1 amide bonds. The van der Waals surface area contributed by atoms with Crippen LogP contribution in [0.15, 0.2) is 60.2 Å². The first-order valence-corrected chi connectivity index (χ1v) is 10.9. The van der Waals surface area contributed by atoms with Gasteiger partial charge >= 0.3 is 0 Å². The Bertz CT molecular complexity index is 1260. The number of thiazole rings is 1. The van der Waals surface area contributed by atoms with Crippen molar-refractivity contribution in [2.24, 2.45) is 0 Å². The number of rotatable bonds is 6. The number of nitrogens with one attached hydrogen (secondary N) is 1. The van der Waals surface area contributed by atoms with E-state index in [1.807, 2.05) is 36.5 Å². The molecule has 0 saturated carbocycles. The Balaban J connectivity index is 1.23. The average molecular weight is 450 g/mol. The van der Waals surface area contributed by atoms with Crippen LogP contribution in [-0.2, 0) is 17.8 Å². The maximum Gasteiger partial charge on any atom is 0.270 e. The highest BCUT2D eigenvalue weighted by molar-refractivity contribution is 7.13. The minimum Gasteiger partial charge on any atom is -0.467 e. The number of amides is 1. The zero-order chi connectivity index (χ0) is 21.9. The number of halogens is 1. The van der Waals surface area contributed by atoms with Gasteiger partial charge in [0.25, 0.3) is 5.91 Å². The predicted molar refractivity (Wildman–Crippen MR) is 117 cm³/mol. The van der Waals surface area contributed by atoms with E-state index >= 15 is 0 Å². The summed E-state index contributed by atoms with van der Waals surface area (Å²) in [4.78, 5) is 17.0. The normalized spacial score (nSPS) is 12.8. The van der Waals surface area contributed by atoms with Crippen LogP contribution in [-0.4, -0.2) is 34.0 Å². The summed E-state index contributed by atoms with van der Waals surface area (Å²) >= 11 is 1.38. The molecule has 9 heteroatoms. The largest absolute Gasteiger partial charge is 0.467 e. The van der Waals surface area contributed by atoms with E-state index in [0.717, 1.165) is 11.3 Å². The van der Waals surface area contributed by atoms with E-state index in [1.54, 1.807) is 16.3 Å². The smallest absolute Gasteiger partial charge is 0.270 e. The van der Waals surface area contributed by atoms with E-state index in [2.05, 4.69) is 15.4 Å². The van der Waals surface area contributed by atoms with Crippen molar-refractivity contribution in [1.82, 2.24) is 20.1 Å². The number of carbonyl (C=O) groups excluding carboxylic acids is 1. The van der Waals surface area contributed by atoms with Crippen LogP contribution in [0.5, 0.6) is 5.75 Å². The molecule has 2 aromatic carbocycles. The van der Waals surface area contributed by atoms with Crippen molar-refractivity contribution in [1.29, 1.82) is 0 Å². The van der Waals surface area contributed by atoms with Crippen LogP contribution in [0.2, 0.25) is 0 Å². The Morgan fingerprint density at radius 2 is 2.12 bits per heavy atom. The van der Waals surface area contributed by atoms with Gasteiger partial charge in [0.1, 0.15) is 22.3 Å². The van der Waals surface area contributed by atoms with E-state index < -0.39 is 0 Å². The lowest BCUT2D eigenvalue weighted by molar-refractivity contribution is -0.0172. The fourth-order valence-electron chi connectivity index (χ4n) is 3.51. The summed E-state index contributed by atoms with van der Waals surface area (Å²) in [5, 5.41) is 9.65. The Kier molecular flexibility index (Phi) is 5.66. The summed E-state index contributed by atoms with van der Waals surface area (Å²) in [5.74, 6) is 0.00936. The Morgan fingerprint density at radius 3 is 3.00 bits per heavy atom. The lowest BCUT2D eigenvalue weighted by Gasteiger charge is -2.20. The molecule has 1 N–H and O–H groups in total. The molecule has 32 heavy (non-hydrogen) atoms. The third-order valence-electron chi connectivity index (χ3n) is 5.02. The number of hydrogen-bond acceptors (Lipinski definition) is 6. The van der Waals surface area contributed by atoms with Crippen molar-refractivity contribution in [2.75, 3.05) is 13.3 Å². The van der Waals surface area contributed by atoms with Gasteiger partial charge < -0.3 is 14.8 Å². The Labute approximate surface area is 187 Å². The van der Waals surface area contributed by atoms with Gasteiger partial charge in [-0.2, -0.15) is 5.10 Å². The number of ether oxygens (including phenoxy) is 2. The topological polar surface area (TPSA) is 78.3 Å². The van der Waals surface area contributed by atoms with Crippen LogP contribution in [0.25, 0.3) is 16.3 Å². The van der Waals surface area contributed by atoms with Crippen LogP contribution in [0.3, 0.4) is 0 Å². The third-order valence-corrected chi connectivity index (χ3v) is 5.91. The van der Waals surface area contributed by atoms with Gasteiger partial charge in [0.15, 0.2) is 6.79 Å². The van der Waals surface area contributed by atoms with Crippen molar-refractivity contribution in [3.8, 4) is 22.0 Å². The van der Waals surface area contributed by atoms with Crippen LogP contribution < -0.4 is 10.1 Å². The molecule has 0 spiro atoms. The molecular formula is C23H19FN4O3S. The van der Waals surface area contributed by atoms with E-state index in [-0.39, 0.29) is 18.5 Å². The summed E-state index contributed by atoms with van der Waals surface area (Å²) in [5.41, 5.74) is 3.50. The SMILES string of the molecule is O=C(NCCc1cc(F)cc2c1OCOC2)c1csc(-c2cnn(-c3ccccc3)c2)n1. The number of benzene rings is 2. The number of nitrogens with zero attached hydrogens (tertiary/aromatic N) is 3. The summed E-state index contributed by atoms with van der Waals surface area (Å²) < 4.78 is 26.4. The average Bonchev–Trinajstić information content (AvgIpc) is 3.49. The lowest BCUT2D eigenvalue weighted by atomic mass is 10.1. The van der Waals surface area contributed by atoms with E-state index in [0.29, 0.717) is 47.2 Å². The van der Waals surface area contributed by atoms with Crippen LogP contribution in [0.4, 0.5) is 4.39 Å². The Morgan fingerprint density at radius 1 is 1.25 bits per heavy atom. The molecule has 7 nitrogen and oxygen atoms in total. The second kappa shape index (κ2) is 8.89. The minimum atomic E-state index is -0.348. The molecule has 0 unspecified atom stereocenters. The molecule has 0 radical (unpaired) electrons. The molecule has 0 aliphatic carbocycles. The molecule has 1 aliphatic heterocycles. The number of hydrogen-bond donors (Lipinski definition) is 1. The summed E-state index contributed by atoms with van der Waals surface area (Å²) in [7, 11) is 0. The molecule has 4 aromatic rings. The number of fused-ring (bicyclic) bond motifs is 1. The van der Waals surface area contributed by atoms with Crippen molar-refractivity contribution < 1.29 is 18.7 Å². The van der Waals surface area contributed by atoms with Gasteiger partial charge in [-0.25, -0.2) is 14.1 Å². The zero-order valence-electron chi connectivity index (χ0n) is 17.0. The monoisotopic (exact) mass is 450 g/mol. The molecule has 2 aromatic heterocycles. The summed E-state index contributed by atoms with van der Waals surface area (Å²) in [6.07, 6.45) is 4.05. The molecule has 1 aliphatic rings. The molecule has 0 atom stereocenters. The molecule has 0 bridgehead atoms. The minimum absolute atomic E-state index is 0.139. The first-order chi connectivity index (χ1) is 15.7. The van der Waals surface area contributed by atoms with Crippen molar-refractivity contribution >= 4 is 17.2 Å². The van der Waals surface area contributed by atoms with Gasteiger partial charge in [0, 0.05) is 29.2 Å². The van der Waals surface area contributed by atoms with E-state index in [9.17, 15) is 9.18 Å². The lowest BCUT2D eigenvalue weighted by Crippen LogP contribution is -2.26. The second-order valence-corrected chi connectivity index (χ2v) is 8.07. The maximum absolute atomic E-state index is 13.9. The van der Waals surface area contributed by atoms with Crippen molar-refractivity contribution in [3.63, 3.8) is 0 Å². The first kappa shape index (κ1) is 20.3. The van der Waals surface area contributed by atoms with Gasteiger partial charge in [-0.1, -0.05) is 18.2 Å². The molecule has 162 valence electrons. The first-order valence-electron chi connectivity index (χ1n) is 10.0. The van der Waals surface area contributed by atoms with Crippen molar-refractivity contribution in [2.45, 2.75) is 13.0 Å². The number of para-hydroxylation sites is 1. The number of aromatic nitrogens is 3. The van der Waals surface area contributed by atoms with Crippen LogP contribution in [0, 0.1) is 5.82 Å². The number of carbonyl (C=O) groups is 1. The highest BCUT2D eigenvalue weighted by atomic mass is 32.1. The van der Waals surface area contributed by atoms with Gasteiger partial charge in [0.05, 0.1) is 18.5 Å². The summed E-state index contributed by atoms with van der Waals surface area (Å²) in [6, 6.07) is 12.6. The fourth-order valence-corrected chi connectivity index (χ4v) is 4.29. The van der Waals surface area contributed by atoms with E-state index in [4.69, 9.17) is 9.47 Å². The fraction of sp³-hybridized carbons (Fsp3) is 0.174.